The summed E-state index contributed by atoms with van der Waals surface area (Å²) >= 11 is 0. The number of phenolic OH excluding ortho intramolecular Hbond substituents is 2. The maximum absolute atomic E-state index is 11.8. The summed E-state index contributed by atoms with van der Waals surface area (Å²) in [5.41, 5.74) is -0.586. The average Bonchev–Trinajstić information content (AvgIpc) is 2.62. The first-order valence-electron chi connectivity index (χ1n) is 6.03. The molecule has 0 saturated carbocycles. The zero-order chi connectivity index (χ0) is 15.6. The van der Waals surface area contributed by atoms with Gasteiger partial charge in [0.05, 0.1) is 16.8 Å². The van der Waals surface area contributed by atoms with Gasteiger partial charge in [0.25, 0.3) is 11.8 Å². The number of phenols is 2. The molecule has 0 radical (unpaired) electrons. The Labute approximate surface area is 115 Å². The number of nitrogens with zero attached hydrogens (tertiary/aromatic N) is 1. The van der Waals surface area contributed by atoms with Crippen LogP contribution in [-0.2, 0) is 4.79 Å². The van der Waals surface area contributed by atoms with E-state index >= 15 is 0 Å². The van der Waals surface area contributed by atoms with Crippen LogP contribution in [0.5, 0.6) is 11.5 Å². The molecular formula is C13H16N2O5. The topological polar surface area (TPSA) is 107 Å². The van der Waals surface area contributed by atoms with E-state index in [0.717, 1.165) is 11.0 Å². The molecule has 1 aromatic rings. The third-order valence-corrected chi connectivity index (χ3v) is 2.62. The molecule has 7 heteroatoms. The van der Waals surface area contributed by atoms with Crippen LogP contribution in [0.15, 0.2) is 6.07 Å². The summed E-state index contributed by atoms with van der Waals surface area (Å²) in [6.07, 6.45) is 0. The molecule has 0 fully saturated rings. The maximum atomic E-state index is 11.8. The van der Waals surface area contributed by atoms with E-state index in [1.165, 1.54) is 14.0 Å². The zero-order valence-corrected chi connectivity index (χ0v) is 11.6. The van der Waals surface area contributed by atoms with Crippen LogP contribution in [0, 0.1) is 0 Å². The SMILES string of the molecule is CC.CC(=O)Nc1c(O)cc(O)c2c1C(=O)N(C)C2=O. The summed E-state index contributed by atoms with van der Waals surface area (Å²) in [6, 6.07) is 0.911. The minimum absolute atomic E-state index is 0.169. The highest BCUT2D eigenvalue weighted by Gasteiger charge is 2.39. The van der Waals surface area contributed by atoms with Crippen molar-refractivity contribution < 1.29 is 24.6 Å². The summed E-state index contributed by atoms with van der Waals surface area (Å²) in [4.78, 5) is 35.4. The second-order valence-electron chi connectivity index (χ2n) is 3.89. The van der Waals surface area contributed by atoms with Gasteiger partial charge in [-0.25, -0.2) is 0 Å². The highest BCUT2D eigenvalue weighted by molar-refractivity contribution is 6.26. The number of amides is 3. The molecule has 0 bridgehead atoms. The fourth-order valence-electron chi connectivity index (χ4n) is 1.82. The summed E-state index contributed by atoms with van der Waals surface area (Å²) in [5.74, 6) is -2.85. The second-order valence-corrected chi connectivity index (χ2v) is 3.89. The number of fused-ring (bicyclic) bond motifs is 1. The molecule has 108 valence electrons. The van der Waals surface area contributed by atoms with Gasteiger partial charge in [-0.15, -0.1) is 0 Å². The molecule has 0 spiro atoms. The van der Waals surface area contributed by atoms with Crippen LogP contribution in [0.3, 0.4) is 0 Å². The first kappa shape index (κ1) is 15.5. The molecule has 1 aromatic carbocycles. The van der Waals surface area contributed by atoms with Gasteiger partial charge in [-0.3, -0.25) is 19.3 Å². The Kier molecular flexibility index (Phi) is 4.34. The number of nitrogens with one attached hydrogen (secondary N) is 1. The van der Waals surface area contributed by atoms with Gasteiger partial charge < -0.3 is 15.5 Å². The molecule has 2 rings (SSSR count). The Balaban J connectivity index is 0.000000956. The van der Waals surface area contributed by atoms with Crippen molar-refractivity contribution in [3.63, 3.8) is 0 Å². The van der Waals surface area contributed by atoms with E-state index in [9.17, 15) is 24.6 Å². The molecule has 0 aliphatic carbocycles. The molecular weight excluding hydrogens is 264 g/mol. The van der Waals surface area contributed by atoms with Crippen LogP contribution in [0.4, 0.5) is 5.69 Å². The van der Waals surface area contributed by atoms with E-state index in [0.29, 0.717) is 0 Å². The third-order valence-electron chi connectivity index (χ3n) is 2.62. The van der Waals surface area contributed by atoms with E-state index < -0.39 is 29.2 Å². The Morgan fingerprint density at radius 3 is 2.10 bits per heavy atom. The minimum atomic E-state index is -0.690. The minimum Gasteiger partial charge on any atom is -0.507 e. The number of rotatable bonds is 1. The number of benzene rings is 1. The predicted octanol–water partition coefficient (Wildman–Crippen LogP) is 1.31. The fraction of sp³-hybridized carbons (Fsp3) is 0.308. The molecule has 0 atom stereocenters. The second kappa shape index (κ2) is 5.60. The number of anilines is 1. The van der Waals surface area contributed by atoms with Crippen LogP contribution >= 0.6 is 0 Å². The lowest BCUT2D eigenvalue weighted by Gasteiger charge is -2.10. The zero-order valence-electron chi connectivity index (χ0n) is 11.6. The van der Waals surface area contributed by atoms with Gasteiger partial charge in [-0.1, -0.05) is 13.8 Å². The Hall–Kier alpha value is -2.57. The monoisotopic (exact) mass is 280 g/mol. The van der Waals surface area contributed by atoms with Gasteiger partial charge >= 0.3 is 0 Å². The van der Waals surface area contributed by atoms with Crippen LogP contribution in [0.25, 0.3) is 0 Å². The Morgan fingerprint density at radius 1 is 1.10 bits per heavy atom. The predicted molar refractivity (Wildman–Crippen MR) is 71.8 cm³/mol. The third kappa shape index (κ3) is 2.29. The van der Waals surface area contributed by atoms with Crippen LogP contribution in [0.1, 0.15) is 41.5 Å². The molecule has 20 heavy (non-hydrogen) atoms. The number of carbonyl (C=O) groups is 3. The van der Waals surface area contributed by atoms with Crippen molar-refractivity contribution in [2.75, 3.05) is 12.4 Å². The van der Waals surface area contributed by atoms with Crippen molar-refractivity contribution in [2.24, 2.45) is 0 Å². The van der Waals surface area contributed by atoms with Gasteiger partial charge in [-0.2, -0.15) is 0 Å². The van der Waals surface area contributed by atoms with E-state index in [-0.39, 0.29) is 16.8 Å². The first-order chi connectivity index (χ1) is 9.34. The quantitative estimate of drug-likeness (QED) is 0.408. The van der Waals surface area contributed by atoms with Crippen molar-refractivity contribution in [1.29, 1.82) is 0 Å². The summed E-state index contributed by atoms with van der Waals surface area (Å²) in [6.45, 7) is 5.20. The largest absolute Gasteiger partial charge is 0.507 e. The van der Waals surface area contributed by atoms with Gasteiger partial charge in [0.2, 0.25) is 5.91 Å². The summed E-state index contributed by atoms with van der Waals surface area (Å²) < 4.78 is 0. The number of carbonyl (C=O) groups excluding carboxylic acids is 3. The molecule has 1 heterocycles. The number of aromatic hydroxyl groups is 2. The van der Waals surface area contributed by atoms with Crippen LogP contribution in [0.2, 0.25) is 0 Å². The van der Waals surface area contributed by atoms with E-state index in [1.54, 1.807) is 0 Å². The van der Waals surface area contributed by atoms with Crippen molar-refractivity contribution in [2.45, 2.75) is 20.8 Å². The maximum Gasteiger partial charge on any atom is 0.265 e. The number of hydrogen-bond acceptors (Lipinski definition) is 5. The van der Waals surface area contributed by atoms with Crippen molar-refractivity contribution in [3.05, 3.63) is 17.2 Å². The average molecular weight is 280 g/mol. The van der Waals surface area contributed by atoms with Crippen LogP contribution < -0.4 is 5.32 Å². The molecule has 3 amide bonds. The standard InChI is InChI=1S/C11H10N2O5.C2H6/c1-4(14)12-9-6(16)3-5(15)7-8(9)11(18)13(2)10(7)17;1-2/h3,15-16H,1-2H3,(H,12,14);1-2H3. The molecule has 1 aliphatic rings. The Morgan fingerprint density at radius 2 is 1.60 bits per heavy atom. The highest BCUT2D eigenvalue weighted by Crippen LogP contribution is 2.40. The van der Waals surface area contributed by atoms with Gasteiger partial charge in [0, 0.05) is 20.0 Å². The molecule has 7 nitrogen and oxygen atoms in total. The molecule has 0 saturated heterocycles. The van der Waals surface area contributed by atoms with E-state index in [4.69, 9.17) is 0 Å². The van der Waals surface area contributed by atoms with Gasteiger partial charge in [-0.05, 0) is 0 Å². The summed E-state index contributed by atoms with van der Waals surface area (Å²) in [5, 5.41) is 21.5. The summed E-state index contributed by atoms with van der Waals surface area (Å²) in [7, 11) is 1.25. The van der Waals surface area contributed by atoms with Crippen molar-refractivity contribution in [3.8, 4) is 11.5 Å². The highest BCUT2D eigenvalue weighted by atomic mass is 16.3. The molecule has 1 aliphatic heterocycles. The van der Waals surface area contributed by atoms with Gasteiger partial charge in [0.1, 0.15) is 11.5 Å². The lowest BCUT2D eigenvalue weighted by molar-refractivity contribution is -0.114. The smallest absolute Gasteiger partial charge is 0.265 e. The van der Waals surface area contributed by atoms with E-state index in [2.05, 4.69) is 5.32 Å². The van der Waals surface area contributed by atoms with Gasteiger partial charge in [0.15, 0.2) is 0 Å². The Bertz CT molecular complexity index is 595. The molecule has 3 N–H and O–H groups in total. The number of imide groups is 1. The fourth-order valence-corrected chi connectivity index (χ4v) is 1.82. The lowest BCUT2D eigenvalue weighted by atomic mass is 10.1. The molecule has 0 aromatic heterocycles. The first-order valence-corrected chi connectivity index (χ1v) is 6.03. The molecule has 0 unspecified atom stereocenters. The van der Waals surface area contributed by atoms with Crippen molar-refractivity contribution in [1.82, 2.24) is 4.90 Å². The number of hydrogen-bond donors (Lipinski definition) is 3. The van der Waals surface area contributed by atoms with Crippen molar-refractivity contribution >= 4 is 23.4 Å². The van der Waals surface area contributed by atoms with Crippen LogP contribution in [-0.4, -0.2) is 39.9 Å². The lowest BCUT2D eigenvalue weighted by Crippen LogP contribution is -2.24. The van der Waals surface area contributed by atoms with E-state index in [1.807, 2.05) is 13.8 Å². The normalized spacial score (nSPS) is 12.7.